The van der Waals surface area contributed by atoms with Gasteiger partial charge in [0, 0.05) is 36.2 Å². The summed E-state index contributed by atoms with van der Waals surface area (Å²) < 4.78 is 2.72. The van der Waals surface area contributed by atoms with Gasteiger partial charge in [-0.3, -0.25) is 0 Å². The zero-order valence-corrected chi connectivity index (χ0v) is 25.6. The first-order chi connectivity index (χ1) is 21.8. The van der Waals surface area contributed by atoms with E-state index in [1.54, 1.807) is 0 Å². The van der Waals surface area contributed by atoms with Gasteiger partial charge in [-0.2, -0.15) is 0 Å². The van der Waals surface area contributed by atoms with Crippen LogP contribution in [0.2, 0.25) is 0 Å². The van der Waals surface area contributed by atoms with Gasteiger partial charge in [0.1, 0.15) is 0 Å². The van der Waals surface area contributed by atoms with Crippen LogP contribution in [0.3, 0.4) is 0 Å². The Hall–Kier alpha value is -4.63. The molecule has 208 valence electrons. The van der Waals surface area contributed by atoms with Crippen LogP contribution in [-0.4, -0.2) is 5.25 Å². The molecule has 0 spiro atoms. The molecule has 0 nitrogen and oxygen atoms in total. The molecule has 1 aliphatic heterocycles. The van der Waals surface area contributed by atoms with Crippen LogP contribution in [0.15, 0.2) is 163 Å². The molecule has 0 amide bonds. The second kappa shape index (κ2) is 10.5. The van der Waals surface area contributed by atoms with Crippen molar-refractivity contribution in [2.75, 3.05) is 0 Å². The molecule has 2 heterocycles. The number of hydrogen-bond donors (Lipinski definition) is 0. The molecule has 7 aromatic rings. The molecular formula is C42H28S2. The van der Waals surface area contributed by atoms with Crippen LogP contribution in [0, 0.1) is 0 Å². The summed E-state index contributed by atoms with van der Waals surface area (Å²) >= 11 is 3.97. The van der Waals surface area contributed by atoms with Gasteiger partial charge >= 0.3 is 0 Å². The van der Waals surface area contributed by atoms with E-state index in [9.17, 15) is 0 Å². The molecule has 0 saturated carbocycles. The van der Waals surface area contributed by atoms with Crippen LogP contribution >= 0.6 is 23.1 Å². The van der Waals surface area contributed by atoms with E-state index in [1.807, 2.05) is 23.1 Å². The minimum absolute atomic E-state index is 0.313. The number of allylic oxidation sites excluding steroid dienone is 3. The van der Waals surface area contributed by atoms with Crippen LogP contribution in [-0.2, 0) is 0 Å². The maximum Gasteiger partial charge on any atom is 0.0382 e. The van der Waals surface area contributed by atoms with Crippen molar-refractivity contribution in [2.24, 2.45) is 0 Å². The van der Waals surface area contributed by atoms with Gasteiger partial charge in [0.15, 0.2) is 0 Å². The Bertz CT molecular complexity index is 2240. The van der Waals surface area contributed by atoms with E-state index in [2.05, 4.69) is 158 Å². The van der Waals surface area contributed by atoms with Crippen LogP contribution in [0.4, 0.5) is 0 Å². The highest BCUT2D eigenvalue weighted by Gasteiger charge is 2.37. The fraction of sp³-hybridized carbons (Fsp3) is 0.0476. The lowest BCUT2D eigenvalue weighted by Crippen LogP contribution is -2.09. The summed E-state index contributed by atoms with van der Waals surface area (Å²) in [5.41, 5.74) is 11.8. The third-order valence-electron chi connectivity index (χ3n) is 9.01. The lowest BCUT2D eigenvalue weighted by molar-refractivity contribution is 0.895. The first kappa shape index (κ1) is 25.8. The fourth-order valence-electron chi connectivity index (χ4n) is 6.90. The molecule has 0 fully saturated rings. The topological polar surface area (TPSA) is 0 Å². The summed E-state index contributed by atoms with van der Waals surface area (Å²) in [6.45, 7) is 0. The van der Waals surface area contributed by atoms with Gasteiger partial charge in [0.25, 0.3) is 0 Å². The second-order valence-corrected chi connectivity index (χ2v) is 13.9. The molecular weight excluding hydrogens is 569 g/mol. The zero-order chi connectivity index (χ0) is 29.0. The van der Waals surface area contributed by atoms with Crippen molar-refractivity contribution >= 4 is 48.8 Å². The van der Waals surface area contributed by atoms with Crippen LogP contribution in [0.1, 0.15) is 17.0 Å². The Morgan fingerprint density at radius 3 is 1.86 bits per heavy atom. The maximum absolute atomic E-state index is 2.53. The summed E-state index contributed by atoms with van der Waals surface area (Å²) in [7, 11) is 0. The van der Waals surface area contributed by atoms with E-state index in [1.165, 1.54) is 75.1 Å². The first-order valence-corrected chi connectivity index (χ1v) is 16.9. The molecule has 2 aliphatic rings. The maximum atomic E-state index is 2.53. The van der Waals surface area contributed by atoms with Crippen molar-refractivity contribution in [1.82, 2.24) is 0 Å². The van der Waals surface area contributed by atoms with Crippen molar-refractivity contribution in [2.45, 2.75) is 16.1 Å². The molecule has 0 radical (unpaired) electrons. The minimum atomic E-state index is 0.313. The van der Waals surface area contributed by atoms with E-state index in [0.29, 0.717) is 11.2 Å². The van der Waals surface area contributed by atoms with Crippen molar-refractivity contribution in [3.8, 4) is 33.4 Å². The number of fused-ring (bicyclic) bond motifs is 7. The molecule has 2 atom stereocenters. The summed E-state index contributed by atoms with van der Waals surface area (Å²) in [5, 5.41) is 3.18. The fourth-order valence-corrected chi connectivity index (χ4v) is 9.50. The van der Waals surface area contributed by atoms with E-state index in [4.69, 9.17) is 0 Å². The van der Waals surface area contributed by atoms with Gasteiger partial charge in [-0.25, -0.2) is 0 Å². The van der Waals surface area contributed by atoms with Crippen molar-refractivity contribution in [3.05, 3.63) is 169 Å². The monoisotopic (exact) mass is 596 g/mol. The summed E-state index contributed by atoms with van der Waals surface area (Å²) in [6.07, 6.45) is 7.31. The summed E-state index contributed by atoms with van der Waals surface area (Å²) in [6, 6.07) is 51.0. The molecule has 0 N–H and O–H groups in total. The standard InChI is InChI=1S/C42H28S2/c1-4-11-27(12-5-1)30-17-10-18-33(23-30)34-26-39-40(35-24-31(19-21-37(35)43-39)28-13-6-2-7-14-28)41-36-25-32(29-15-8-3-9-16-29)20-22-38(36)44-42(34)41/h1-26,36,38H. The largest absolute Gasteiger partial charge is 0.135 e. The Labute approximate surface area is 266 Å². The van der Waals surface area contributed by atoms with E-state index < -0.39 is 0 Å². The average molecular weight is 597 g/mol. The Morgan fingerprint density at radius 2 is 1.14 bits per heavy atom. The van der Waals surface area contributed by atoms with Crippen molar-refractivity contribution in [3.63, 3.8) is 0 Å². The minimum Gasteiger partial charge on any atom is -0.135 e. The Kier molecular flexibility index (Phi) is 6.18. The van der Waals surface area contributed by atoms with Gasteiger partial charge < -0.3 is 0 Å². The molecule has 1 aromatic heterocycles. The molecule has 44 heavy (non-hydrogen) atoms. The van der Waals surface area contributed by atoms with Crippen LogP contribution in [0.5, 0.6) is 0 Å². The third kappa shape index (κ3) is 4.29. The summed E-state index contributed by atoms with van der Waals surface area (Å²) in [5.74, 6) is 0.313. The highest BCUT2D eigenvalue weighted by Crippen LogP contribution is 2.57. The number of rotatable bonds is 4. The van der Waals surface area contributed by atoms with Crippen molar-refractivity contribution < 1.29 is 0 Å². The van der Waals surface area contributed by atoms with Gasteiger partial charge in [-0.1, -0.05) is 133 Å². The Morgan fingerprint density at radius 1 is 0.500 bits per heavy atom. The molecule has 0 bridgehead atoms. The number of hydrogen-bond acceptors (Lipinski definition) is 2. The average Bonchev–Trinajstić information content (AvgIpc) is 3.66. The molecule has 6 aromatic carbocycles. The molecule has 1 aliphatic carbocycles. The van der Waals surface area contributed by atoms with Crippen LogP contribution < -0.4 is 0 Å². The lowest BCUT2D eigenvalue weighted by atomic mass is 9.84. The van der Waals surface area contributed by atoms with Gasteiger partial charge in [0.05, 0.1) is 0 Å². The highest BCUT2D eigenvalue weighted by molar-refractivity contribution is 8.00. The van der Waals surface area contributed by atoms with Gasteiger partial charge in [0.2, 0.25) is 0 Å². The van der Waals surface area contributed by atoms with Crippen LogP contribution in [0.25, 0.3) is 59.1 Å². The highest BCUT2D eigenvalue weighted by atomic mass is 32.2. The third-order valence-corrected chi connectivity index (χ3v) is 11.5. The van der Waals surface area contributed by atoms with Crippen molar-refractivity contribution in [1.29, 1.82) is 0 Å². The zero-order valence-electron chi connectivity index (χ0n) is 24.0. The lowest BCUT2D eigenvalue weighted by Gasteiger charge is -2.20. The van der Waals surface area contributed by atoms with Gasteiger partial charge in [-0.15, -0.1) is 23.1 Å². The Balaban J connectivity index is 1.30. The second-order valence-electron chi connectivity index (χ2n) is 11.6. The smallest absolute Gasteiger partial charge is 0.0382 e. The molecule has 2 unspecified atom stereocenters. The number of thiophene rings is 1. The quantitative estimate of drug-likeness (QED) is 0.195. The first-order valence-electron chi connectivity index (χ1n) is 15.2. The number of benzene rings is 6. The van der Waals surface area contributed by atoms with E-state index in [-0.39, 0.29) is 0 Å². The van der Waals surface area contributed by atoms with E-state index >= 15 is 0 Å². The summed E-state index contributed by atoms with van der Waals surface area (Å²) in [4.78, 5) is 1.43. The molecule has 0 saturated heterocycles. The molecule has 9 rings (SSSR count). The van der Waals surface area contributed by atoms with E-state index in [0.717, 1.165) is 0 Å². The van der Waals surface area contributed by atoms with Gasteiger partial charge in [-0.05, 0) is 74.3 Å². The number of thioether (sulfide) groups is 1. The predicted molar refractivity (Wildman–Crippen MR) is 192 cm³/mol. The predicted octanol–water partition coefficient (Wildman–Crippen LogP) is 12.3. The SMILES string of the molecule is C1=CC2Sc3c(-c4cccc(-c5ccccc5)c4)cc4sc5ccc(-c6ccccc6)cc5c4c3C2C=C1c1ccccc1. The normalized spacial score (nSPS) is 17.0. The molecule has 2 heteroatoms.